The zero-order valence-electron chi connectivity index (χ0n) is 12.6. The van der Waals surface area contributed by atoms with Crippen molar-refractivity contribution in [2.24, 2.45) is 0 Å². The fourth-order valence-corrected chi connectivity index (χ4v) is 3.60. The highest BCUT2D eigenvalue weighted by Gasteiger charge is 2.37. The number of fused-ring (bicyclic) bond motifs is 1. The lowest BCUT2D eigenvalue weighted by molar-refractivity contribution is 0.0501. The lowest BCUT2D eigenvalue weighted by atomic mass is 9.82. The highest BCUT2D eigenvalue weighted by Crippen LogP contribution is 2.40. The van der Waals surface area contributed by atoms with E-state index in [2.05, 4.69) is 35.2 Å². The number of hydrogen-bond acceptors (Lipinski definition) is 3. The van der Waals surface area contributed by atoms with Crippen molar-refractivity contribution in [1.82, 2.24) is 4.90 Å². The molecule has 2 aromatic rings. The standard InChI is InChI=1S/C19H21NO2/c21-15-7-8-19-17(12-15)16(11-14-5-2-1-3-6-14)18(13-22-19)20-9-4-10-20/h1-3,5-8,12,16,18,21H,4,9-11,13H2. The summed E-state index contributed by atoms with van der Waals surface area (Å²) in [5, 5.41) is 9.90. The van der Waals surface area contributed by atoms with Crippen molar-refractivity contribution >= 4 is 0 Å². The summed E-state index contributed by atoms with van der Waals surface area (Å²) in [6.45, 7) is 3.07. The zero-order valence-corrected chi connectivity index (χ0v) is 12.6. The maximum Gasteiger partial charge on any atom is 0.123 e. The Bertz CT molecular complexity index is 652. The molecule has 2 heterocycles. The minimum atomic E-state index is 0.324. The van der Waals surface area contributed by atoms with E-state index in [-0.39, 0.29) is 0 Å². The second-order valence-electron chi connectivity index (χ2n) is 6.29. The summed E-state index contributed by atoms with van der Waals surface area (Å²) in [4.78, 5) is 2.51. The molecule has 0 spiro atoms. The van der Waals surface area contributed by atoms with E-state index < -0.39 is 0 Å². The fraction of sp³-hybridized carbons (Fsp3) is 0.368. The molecule has 0 bridgehead atoms. The fourth-order valence-electron chi connectivity index (χ4n) is 3.60. The molecule has 2 aromatic carbocycles. The molecule has 3 nitrogen and oxygen atoms in total. The molecule has 0 saturated carbocycles. The van der Waals surface area contributed by atoms with E-state index in [1.165, 1.54) is 12.0 Å². The maximum absolute atomic E-state index is 9.90. The van der Waals surface area contributed by atoms with Gasteiger partial charge in [0, 0.05) is 11.5 Å². The van der Waals surface area contributed by atoms with Gasteiger partial charge in [-0.3, -0.25) is 4.90 Å². The van der Waals surface area contributed by atoms with Crippen LogP contribution in [0.5, 0.6) is 11.5 Å². The Morgan fingerprint density at radius 1 is 1.09 bits per heavy atom. The average Bonchev–Trinajstić information content (AvgIpc) is 2.49. The third-order valence-electron chi connectivity index (χ3n) is 4.93. The molecular weight excluding hydrogens is 274 g/mol. The molecule has 0 aromatic heterocycles. The second-order valence-corrected chi connectivity index (χ2v) is 6.29. The number of phenols is 1. The smallest absolute Gasteiger partial charge is 0.123 e. The molecule has 0 aliphatic carbocycles. The molecule has 2 atom stereocenters. The largest absolute Gasteiger partial charge is 0.508 e. The van der Waals surface area contributed by atoms with E-state index in [0.29, 0.717) is 17.7 Å². The van der Waals surface area contributed by atoms with Crippen molar-refractivity contribution in [2.45, 2.75) is 24.8 Å². The van der Waals surface area contributed by atoms with Crippen molar-refractivity contribution in [3.8, 4) is 11.5 Å². The van der Waals surface area contributed by atoms with Crippen molar-refractivity contribution in [1.29, 1.82) is 0 Å². The van der Waals surface area contributed by atoms with Crippen LogP contribution in [0, 0.1) is 0 Å². The Morgan fingerprint density at radius 3 is 2.64 bits per heavy atom. The predicted molar refractivity (Wildman–Crippen MR) is 86.5 cm³/mol. The normalized spacial score (nSPS) is 24.2. The number of rotatable bonds is 3. The van der Waals surface area contributed by atoms with Crippen molar-refractivity contribution in [2.75, 3.05) is 19.7 Å². The van der Waals surface area contributed by atoms with Crippen LogP contribution in [0.4, 0.5) is 0 Å². The molecule has 3 heteroatoms. The third kappa shape index (κ3) is 2.46. The monoisotopic (exact) mass is 295 g/mol. The lowest BCUT2D eigenvalue weighted by Crippen LogP contribution is -2.52. The predicted octanol–water partition coefficient (Wildman–Crippen LogP) is 3.19. The van der Waals surface area contributed by atoms with Gasteiger partial charge in [0.05, 0.1) is 6.04 Å². The van der Waals surface area contributed by atoms with E-state index in [4.69, 9.17) is 4.74 Å². The molecule has 2 aliphatic rings. The van der Waals surface area contributed by atoms with Crippen LogP contribution in [0.1, 0.15) is 23.5 Å². The van der Waals surface area contributed by atoms with Crippen LogP contribution in [0.2, 0.25) is 0 Å². The number of aromatic hydroxyl groups is 1. The molecule has 0 amide bonds. The van der Waals surface area contributed by atoms with Crippen LogP contribution >= 0.6 is 0 Å². The summed E-state index contributed by atoms with van der Waals surface area (Å²) in [5.74, 6) is 1.62. The topological polar surface area (TPSA) is 32.7 Å². The molecule has 2 aliphatic heterocycles. The van der Waals surface area contributed by atoms with Gasteiger partial charge >= 0.3 is 0 Å². The average molecular weight is 295 g/mol. The third-order valence-corrected chi connectivity index (χ3v) is 4.93. The van der Waals surface area contributed by atoms with E-state index in [1.807, 2.05) is 12.1 Å². The van der Waals surface area contributed by atoms with Crippen LogP contribution in [0.3, 0.4) is 0 Å². The first-order valence-corrected chi connectivity index (χ1v) is 8.05. The number of likely N-dealkylation sites (tertiary alicyclic amines) is 1. The van der Waals surface area contributed by atoms with Crippen LogP contribution in [0.25, 0.3) is 0 Å². The number of phenolic OH excluding ortho intramolecular Hbond substituents is 1. The number of ether oxygens (including phenoxy) is 1. The number of nitrogens with zero attached hydrogens (tertiary/aromatic N) is 1. The van der Waals surface area contributed by atoms with Crippen molar-refractivity contribution in [3.05, 3.63) is 59.7 Å². The van der Waals surface area contributed by atoms with Crippen LogP contribution in [-0.2, 0) is 6.42 Å². The molecule has 1 N–H and O–H groups in total. The molecule has 1 fully saturated rings. The Balaban J connectivity index is 1.70. The molecule has 0 radical (unpaired) electrons. The molecule has 4 rings (SSSR count). The Morgan fingerprint density at radius 2 is 1.91 bits per heavy atom. The van der Waals surface area contributed by atoms with Crippen LogP contribution in [-0.4, -0.2) is 35.7 Å². The summed E-state index contributed by atoms with van der Waals surface area (Å²) >= 11 is 0. The van der Waals surface area contributed by atoms with Crippen molar-refractivity contribution in [3.63, 3.8) is 0 Å². The van der Waals surface area contributed by atoms with E-state index in [9.17, 15) is 5.11 Å². The van der Waals surface area contributed by atoms with Crippen molar-refractivity contribution < 1.29 is 9.84 Å². The van der Waals surface area contributed by atoms with Gasteiger partial charge in [-0.05, 0) is 49.7 Å². The summed E-state index contributed by atoms with van der Waals surface area (Å²) in [6.07, 6.45) is 2.27. The SMILES string of the molecule is Oc1ccc2c(c1)C(Cc1ccccc1)C(N1CCC1)CO2. The molecule has 2 unspecified atom stereocenters. The Labute approximate surface area is 131 Å². The summed E-state index contributed by atoms with van der Waals surface area (Å²) in [5.41, 5.74) is 2.49. The first-order valence-electron chi connectivity index (χ1n) is 8.05. The number of hydrogen-bond donors (Lipinski definition) is 1. The van der Waals surface area contributed by atoms with E-state index >= 15 is 0 Å². The van der Waals surface area contributed by atoms with E-state index in [1.54, 1.807) is 6.07 Å². The van der Waals surface area contributed by atoms with Gasteiger partial charge in [-0.15, -0.1) is 0 Å². The first-order chi connectivity index (χ1) is 10.8. The Hall–Kier alpha value is -2.00. The summed E-state index contributed by atoms with van der Waals surface area (Å²) in [7, 11) is 0. The van der Waals surface area contributed by atoms with Crippen LogP contribution < -0.4 is 4.74 Å². The van der Waals surface area contributed by atoms with Gasteiger partial charge in [0.1, 0.15) is 18.1 Å². The van der Waals surface area contributed by atoms with E-state index in [0.717, 1.165) is 37.4 Å². The van der Waals surface area contributed by atoms with Gasteiger partial charge < -0.3 is 9.84 Å². The summed E-state index contributed by atoms with van der Waals surface area (Å²) in [6, 6.07) is 16.5. The molecular formula is C19H21NO2. The van der Waals surface area contributed by atoms with Gasteiger partial charge in [-0.25, -0.2) is 0 Å². The molecule has 1 saturated heterocycles. The lowest BCUT2D eigenvalue weighted by Gasteiger charge is -2.45. The Kier molecular flexibility index (Phi) is 3.51. The minimum absolute atomic E-state index is 0.324. The number of benzene rings is 2. The summed E-state index contributed by atoms with van der Waals surface area (Å²) < 4.78 is 5.96. The first kappa shape index (κ1) is 13.6. The second kappa shape index (κ2) is 5.65. The quantitative estimate of drug-likeness (QED) is 0.944. The molecule has 114 valence electrons. The zero-order chi connectivity index (χ0) is 14.9. The maximum atomic E-state index is 9.90. The highest BCUT2D eigenvalue weighted by atomic mass is 16.5. The van der Waals surface area contributed by atoms with Gasteiger partial charge in [-0.2, -0.15) is 0 Å². The van der Waals surface area contributed by atoms with Gasteiger partial charge in [0.15, 0.2) is 0 Å². The highest BCUT2D eigenvalue weighted by molar-refractivity contribution is 5.45. The molecule has 22 heavy (non-hydrogen) atoms. The van der Waals surface area contributed by atoms with Gasteiger partial charge in [0.25, 0.3) is 0 Å². The minimum Gasteiger partial charge on any atom is -0.508 e. The van der Waals surface area contributed by atoms with Gasteiger partial charge in [0.2, 0.25) is 0 Å². The van der Waals surface area contributed by atoms with Gasteiger partial charge in [-0.1, -0.05) is 30.3 Å². The van der Waals surface area contributed by atoms with Crippen LogP contribution in [0.15, 0.2) is 48.5 Å².